The van der Waals surface area contributed by atoms with Gasteiger partial charge in [0, 0.05) is 35.8 Å². The Morgan fingerprint density at radius 3 is 2.18 bits per heavy atom. The van der Waals surface area contributed by atoms with Gasteiger partial charge in [-0.1, -0.05) is 29.3 Å². The Kier molecular flexibility index (Phi) is 9.09. The largest absolute Gasteiger partial charge is 0.423 e. The first-order chi connectivity index (χ1) is 15.7. The van der Waals surface area contributed by atoms with Gasteiger partial charge in [0.1, 0.15) is 0 Å². The quantitative estimate of drug-likeness (QED) is 0.371. The van der Waals surface area contributed by atoms with Gasteiger partial charge in [0.2, 0.25) is 11.5 Å². The van der Waals surface area contributed by atoms with Crippen molar-refractivity contribution in [3.05, 3.63) is 63.1 Å². The number of alkyl halides is 6. The van der Waals surface area contributed by atoms with Crippen LogP contribution >= 0.6 is 23.2 Å². The average molecular weight is 533 g/mol. The monoisotopic (exact) mass is 532 g/mol. The highest BCUT2D eigenvalue weighted by Gasteiger charge is 2.55. The molecule has 0 aromatic heterocycles. The van der Waals surface area contributed by atoms with Crippen LogP contribution in [0.2, 0.25) is 10.0 Å². The molecule has 0 saturated carbocycles. The highest BCUT2D eigenvalue weighted by atomic mass is 35.5. The molecule has 2 rings (SSSR count). The summed E-state index contributed by atoms with van der Waals surface area (Å²) in [5.41, 5.74) is -5.98. The zero-order valence-electron chi connectivity index (χ0n) is 17.6. The average Bonchev–Trinajstić information content (AvgIpc) is 2.72. The van der Waals surface area contributed by atoms with Crippen molar-refractivity contribution in [3.8, 4) is 0 Å². The van der Waals surface area contributed by atoms with Crippen LogP contribution in [0.1, 0.15) is 23.1 Å². The summed E-state index contributed by atoms with van der Waals surface area (Å²) in [5, 5.41) is 14.6. The minimum absolute atomic E-state index is 0.0545. The van der Waals surface area contributed by atoms with Crippen LogP contribution in [-0.2, 0) is 27.9 Å². The molecular formula is C21H20Cl2F6N2O3. The molecule has 0 spiro atoms. The number of hydrogen-bond donors (Lipinski definition) is 3. The molecule has 0 aliphatic rings. The predicted octanol–water partition coefficient (Wildman–Crippen LogP) is 5.53. The maximum atomic E-state index is 13.7. The maximum absolute atomic E-state index is 13.7. The Labute approximate surface area is 201 Å². The number of ether oxygens (including phenoxy) is 1. The third-order valence-corrected chi connectivity index (χ3v) is 5.22. The summed E-state index contributed by atoms with van der Waals surface area (Å²) in [6, 6.07) is 5.61. The van der Waals surface area contributed by atoms with Crippen molar-refractivity contribution < 1.29 is 41.0 Å². The Hall–Kier alpha value is -2.21. The summed E-state index contributed by atoms with van der Waals surface area (Å²) in [6.45, 7) is -1.59. The van der Waals surface area contributed by atoms with Gasteiger partial charge in [-0.05, 0) is 41.5 Å². The number of rotatable bonds is 9. The fourth-order valence-electron chi connectivity index (χ4n) is 2.97. The molecule has 0 aliphatic carbocycles. The van der Waals surface area contributed by atoms with E-state index in [1.807, 2.05) is 0 Å². The van der Waals surface area contributed by atoms with E-state index >= 15 is 0 Å². The van der Waals surface area contributed by atoms with Crippen molar-refractivity contribution in [1.82, 2.24) is 5.32 Å². The van der Waals surface area contributed by atoms with Crippen LogP contribution in [0.4, 0.5) is 32.0 Å². The zero-order chi connectivity index (χ0) is 25.7. The van der Waals surface area contributed by atoms with Crippen LogP contribution < -0.4 is 10.6 Å². The third kappa shape index (κ3) is 7.14. The van der Waals surface area contributed by atoms with Crippen LogP contribution in [0.15, 0.2) is 36.4 Å². The van der Waals surface area contributed by atoms with E-state index in [1.165, 1.54) is 13.2 Å². The molecule has 0 heterocycles. The minimum Gasteiger partial charge on any atom is -0.384 e. The second-order valence-electron chi connectivity index (χ2n) is 7.26. The molecule has 2 aromatic rings. The van der Waals surface area contributed by atoms with Gasteiger partial charge in [-0.3, -0.25) is 4.79 Å². The first-order valence-electron chi connectivity index (χ1n) is 9.62. The predicted molar refractivity (Wildman–Crippen MR) is 115 cm³/mol. The molecule has 13 heteroatoms. The van der Waals surface area contributed by atoms with E-state index in [9.17, 15) is 36.2 Å². The molecule has 0 radical (unpaired) electrons. The van der Waals surface area contributed by atoms with E-state index in [-0.39, 0.29) is 34.3 Å². The van der Waals surface area contributed by atoms with Gasteiger partial charge < -0.3 is 20.5 Å². The number of halogens is 8. The molecule has 0 fully saturated rings. The van der Waals surface area contributed by atoms with Crippen LogP contribution in [0.3, 0.4) is 0 Å². The van der Waals surface area contributed by atoms with Crippen LogP contribution in [0.25, 0.3) is 0 Å². The Morgan fingerprint density at radius 2 is 1.65 bits per heavy atom. The second kappa shape index (κ2) is 11.0. The minimum atomic E-state index is -5.21. The molecule has 0 saturated heterocycles. The van der Waals surface area contributed by atoms with Gasteiger partial charge in [-0.2, -0.15) is 26.3 Å². The standard InChI is InChI=1S/C21H20Cl2F6N2O3/c1-34-5-4-18(32)30-10-12-2-3-16(9-17(12)20(24,25)26)31-11-19(33,21(27,28)29)13-6-14(22)8-15(23)7-13/h2-3,6-9,31,33H,4-5,10-11H2,1H3,(H,30,32)/t19-/m1/s1. The molecule has 1 atom stereocenters. The van der Waals surface area contributed by atoms with E-state index < -0.39 is 48.1 Å². The molecule has 34 heavy (non-hydrogen) atoms. The van der Waals surface area contributed by atoms with E-state index in [1.54, 1.807) is 0 Å². The lowest BCUT2D eigenvalue weighted by Crippen LogP contribution is -2.47. The molecule has 5 nitrogen and oxygen atoms in total. The van der Waals surface area contributed by atoms with E-state index in [4.69, 9.17) is 27.9 Å². The summed E-state index contributed by atoms with van der Waals surface area (Å²) >= 11 is 11.5. The van der Waals surface area contributed by atoms with Crippen LogP contribution in [0, 0.1) is 0 Å². The van der Waals surface area contributed by atoms with Gasteiger partial charge in [-0.25, -0.2) is 0 Å². The number of anilines is 1. The van der Waals surface area contributed by atoms with Crippen molar-refractivity contribution in [2.24, 2.45) is 0 Å². The first-order valence-corrected chi connectivity index (χ1v) is 10.4. The fourth-order valence-corrected chi connectivity index (χ4v) is 3.50. The number of amides is 1. The molecule has 0 bridgehead atoms. The molecular weight excluding hydrogens is 513 g/mol. The van der Waals surface area contributed by atoms with Gasteiger partial charge >= 0.3 is 12.4 Å². The summed E-state index contributed by atoms with van der Waals surface area (Å²) in [6.07, 6.45) is -10.1. The van der Waals surface area contributed by atoms with Crippen molar-refractivity contribution in [2.75, 3.05) is 25.6 Å². The number of benzene rings is 2. The number of hydrogen-bond acceptors (Lipinski definition) is 4. The molecule has 0 unspecified atom stereocenters. The molecule has 2 aromatic carbocycles. The van der Waals surface area contributed by atoms with E-state index in [0.29, 0.717) is 6.07 Å². The number of aliphatic hydroxyl groups is 1. The Bertz CT molecular complexity index is 997. The highest BCUT2D eigenvalue weighted by molar-refractivity contribution is 6.34. The van der Waals surface area contributed by atoms with Gasteiger partial charge in [0.15, 0.2) is 0 Å². The number of methoxy groups -OCH3 is 1. The summed E-state index contributed by atoms with van der Waals surface area (Å²) < 4.78 is 86.6. The van der Waals surface area contributed by atoms with Crippen molar-refractivity contribution in [3.63, 3.8) is 0 Å². The van der Waals surface area contributed by atoms with Gasteiger partial charge in [0.05, 0.1) is 18.7 Å². The first kappa shape index (κ1) is 28.0. The van der Waals surface area contributed by atoms with Crippen molar-refractivity contribution >= 4 is 34.8 Å². The number of nitrogens with one attached hydrogen (secondary N) is 2. The van der Waals surface area contributed by atoms with Crippen LogP contribution in [-0.4, -0.2) is 37.5 Å². The SMILES string of the molecule is COCCC(=O)NCc1ccc(NC[C@@](O)(c2cc(Cl)cc(Cl)c2)C(F)(F)F)cc1C(F)(F)F. The van der Waals surface area contributed by atoms with Crippen molar-refractivity contribution in [2.45, 2.75) is 30.9 Å². The molecule has 188 valence electrons. The number of carbonyl (C=O) groups excluding carboxylic acids is 1. The van der Waals surface area contributed by atoms with Crippen LogP contribution in [0.5, 0.6) is 0 Å². The molecule has 1 amide bonds. The lowest BCUT2D eigenvalue weighted by atomic mass is 9.92. The Balaban J connectivity index is 2.30. The summed E-state index contributed by atoms with van der Waals surface area (Å²) in [5.74, 6) is -0.535. The third-order valence-electron chi connectivity index (χ3n) is 4.78. The smallest absolute Gasteiger partial charge is 0.384 e. The lowest BCUT2D eigenvalue weighted by Gasteiger charge is -2.32. The number of carbonyl (C=O) groups is 1. The molecule has 3 N–H and O–H groups in total. The lowest BCUT2D eigenvalue weighted by molar-refractivity contribution is -0.260. The fraction of sp³-hybridized carbons (Fsp3) is 0.381. The highest BCUT2D eigenvalue weighted by Crippen LogP contribution is 2.41. The summed E-state index contributed by atoms with van der Waals surface area (Å²) in [7, 11) is 1.36. The summed E-state index contributed by atoms with van der Waals surface area (Å²) in [4.78, 5) is 11.7. The van der Waals surface area contributed by atoms with Gasteiger partial charge in [-0.15, -0.1) is 0 Å². The van der Waals surface area contributed by atoms with E-state index in [0.717, 1.165) is 24.3 Å². The van der Waals surface area contributed by atoms with E-state index in [2.05, 4.69) is 10.6 Å². The Morgan fingerprint density at radius 1 is 1.03 bits per heavy atom. The topological polar surface area (TPSA) is 70.6 Å². The second-order valence-corrected chi connectivity index (χ2v) is 8.13. The molecule has 0 aliphatic heterocycles. The van der Waals surface area contributed by atoms with Gasteiger partial charge in [0.25, 0.3) is 0 Å². The zero-order valence-corrected chi connectivity index (χ0v) is 19.1. The maximum Gasteiger partial charge on any atom is 0.423 e. The van der Waals surface area contributed by atoms with Crippen molar-refractivity contribution in [1.29, 1.82) is 0 Å². The normalized spacial score (nSPS) is 13.9.